The van der Waals surface area contributed by atoms with Gasteiger partial charge in [-0.25, -0.2) is 0 Å². The zero-order chi connectivity index (χ0) is 45.8. The van der Waals surface area contributed by atoms with Gasteiger partial charge in [0, 0.05) is 12.8 Å². The highest BCUT2D eigenvalue weighted by atomic mass is 16.5. The second-order valence-electron chi connectivity index (χ2n) is 19.3. The van der Waals surface area contributed by atoms with Crippen molar-refractivity contribution in [2.24, 2.45) is 0 Å². The van der Waals surface area contributed by atoms with Crippen LogP contribution in [-0.2, 0) is 14.3 Å². The number of esters is 1. The minimum absolute atomic E-state index is 0.0169. The van der Waals surface area contributed by atoms with Gasteiger partial charge in [-0.3, -0.25) is 9.59 Å². The molecule has 0 aromatic carbocycles. The Morgan fingerprint density at radius 1 is 0.444 bits per heavy atom. The zero-order valence-corrected chi connectivity index (χ0v) is 42.3. The van der Waals surface area contributed by atoms with Gasteiger partial charge in [-0.05, 0) is 57.8 Å². The van der Waals surface area contributed by atoms with Gasteiger partial charge in [-0.1, -0.05) is 256 Å². The Kier molecular flexibility index (Phi) is 51.6. The van der Waals surface area contributed by atoms with E-state index in [4.69, 9.17) is 4.74 Å². The summed E-state index contributed by atoms with van der Waals surface area (Å²) >= 11 is 0. The van der Waals surface area contributed by atoms with Crippen LogP contribution in [0, 0.1) is 0 Å². The standard InChI is InChI=1S/C57H109NO5/c1-3-5-7-9-11-13-15-17-18-19-20-21-24-27-31-35-39-43-47-51-57(62)63-52-48-44-40-36-32-28-25-22-23-26-30-34-38-42-46-50-56(61)58-54(53-59)55(60)49-45-41-37-33-29-16-14-12-10-8-6-4-2/h22,25,28,32,54-55,59-60H,3-21,23-24,26-27,29-31,33-53H2,1-2H3,(H,58,61)/b25-22-,32-28-. The van der Waals surface area contributed by atoms with Crippen LogP contribution in [0.1, 0.15) is 303 Å². The first-order chi connectivity index (χ1) is 31.0. The molecule has 0 spiro atoms. The van der Waals surface area contributed by atoms with E-state index in [1.54, 1.807) is 0 Å². The van der Waals surface area contributed by atoms with Crippen LogP contribution in [0.2, 0.25) is 0 Å². The highest BCUT2D eigenvalue weighted by molar-refractivity contribution is 5.76. The maximum atomic E-state index is 12.4. The Morgan fingerprint density at radius 3 is 1.17 bits per heavy atom. The molecular formula is C57H109NO5. The lowest BCUT2D eigenvalue weighted by Crippen LogP contribution is -2.45. The molecular weight excluding hydrogens is 779 g/mol. The van der Waals surface area contributed by atoms with Gasteiger partial charge in [0.2, 0.25) is 5.91 Å². The summed E-state index contributed by atoms with van der Waals surface area (Å²) in [5.41, 5.74) is 0. The summed E-state index contributed by atoms with van der Waals surface area (Å²) in [5, 5.41) is 23.2. The minimum Gasteiger partial charge on any atom is -0.466 e. The number of allylic oxidation sites excluding steroid dienone is 4. The van der Waals surface area contributed by atoms with Crippen LogP contribution in [0.3, 0.4) is 0 Å². The Balaban J connectivity index is 3.47. The van der Waals surface area contributed by atoms with Gasteiger partial charge in [0.1, 0.15) is 0 Å². The number of carbonyl (C=O) groups excluding carboxylic acids is 2. The van der Waals surface area contributed by atoms with Crippen molar-refractivity contribution in [2.75, 3.05) is 13.2 Å². The van der Waals surface area contributed by atoms with Crippen LogP contribution in [0.5, 0.6) is 0 Å². The van der Waals surface area contributed by atoms with Crippen LogP contribution < -0.4 is 5.32 Å². The zero-order valence-electron chi connectivity index (χ0n) is 42.3. The summed E-state index contributed by atoms with van der Waals surface area (Å²) in [6.07, 6.45) is 63.1. The predicted octanol–water partition coefficient (Wildman–Crippen LogP) is 17.1. The van der Waals surface area contributed by atoms with Crippen LogP contribution >= 0.6 is 0 Å². The monoisotopic (exact) mass is 888 g/mol. The number of amides is 1. The first-order valence-corrected chi connectivity index (χ1v) is 28.1. The number of nitrogens with one attached hydrogen (secondary N) is 1. The molecule has 0 saturated carbocycles. The van der Waals surface area contributed by atoms with Crippen LogP contribution in [-0.4, -0.2) is 47.4 Å². The lowest BCUT2D eigenvalue weighted by molar-refractivity contribution is -0.143. The first kappa shape index (κ1) is 61.3. The smallest absolute Gasteiger partial charge is 0.305 e. The van der Waals surface area contributed by atoms with E-state index in [9.17, 15) is 19.8 Å². The third-order valence-corrected chi connectivity index (χ3v) is 13.0. The van der Waals surface area contributed by atoms with Crippen molar-refractivity contribution < 1.29 is 24.5 Å². The number of ether oxygens (including phenoxy) is 1. The number of hydrogen-bond acceptors (Lipinski definition) is 5. The molecule has 6 heteroatoms. The Morgan fingerprint density at radius 2 is 0.778 bits per heavy atom. The summed E-state index contributed by atoms with van der Waals surface area (Å²) < 4.78 is 5.46. The fraction of sp³-hybridized carbons (Fsp3) is 0.895. The molecule has 3 N–H and O–H groups in total. The van der Waals surface area contributed by atoms with Crippen molar-refractivity contribution in [2.45, 2.75) is 315 Å². The van der Waals surface area contributed by atoms with E-state index in [2.05, 4.69) is 43.5 Å². The van der Waals surface area contributed by atoms with Crippen molar-refractivity contribution in [3.8, 4) is 0 Å². The maximum absolute atomic E-state index is 12.4. The van der Waals surface area contributed by atoms with Gasteiger partial charge in [0.15, 0.2) is 0 Å². The molecule has 0 aliphatic heterocycles. The molecule has 0 rings (SSSR count). The number of aliphatic hydroxyl groups excluding tert-OH is 2. The Bertz CT molecular complexity index is 982. The molecule has 0 saturated heterocycles. The largest absolute Gasteiger partial charge is 0.466 e. The minimum atomic E-state index is -0.677. The highest BCUT2D eigenvalue weighted by Crippen LogP contribution is 2.17. The van der Waals surface area contributed by atoms with Gasteiger partial charge < -0.3 is 20.3 Å². The second kappa shape index (κ2) is 53.0. The van der Waals surface area contributed by atoms with Crippen LogP contribution in [0.25, 0.3) is 0 Å². The quantitative estimate of drug-likeness (QED) is 0.0321. The SMILES string of the molecule is CCCCCCCCCCCCCCCCCCCCCC(=O)OCCCCC/C=C\C=C/CCCCCCCCC(=O)NC(CO)C(O)CCCCCCCCCCCCCC. The maximum Gasteiger partial charge on any atom is 0.305 e. The molecule has 0 fully saturated rings. The Hall–Kier alpha value is -1.66. The molecule has 1 amide bonds. The van der Waals surface area contributed by atoms with Crippen molar-refractivity contribution in [1.29, 1.82) is 0 Å². The third-order valence-electron chi connectivity index (χ3n) is 13.0. The first-order valence-electron chi connectivity index (χ1n) is 28.1. The molecule has 63 heavy (non-hydrogen) atoms. The average Bonchev–Trinajstić information content (AvgIpc) is 3.28. The van der Waals surface area contributed by atoms with Crippen LogP contribution in [0.4, 0.5) is 0 Å². The van der Waals surface area contributed by atoms with Crippen molar-refractivity contribution in [3.05, 3.63) is 24.3 Å². The molecule has 0 aliphatic rings. The molecule has 0 heterocycles. The van der Waals surface area contributed by atoms with E-state index in [1.807, 2.05) is 0 Å². The van der Waals surface area contributed by atoms with Gasteiger partial charge in [0.05, 0.1) is 25.4 Å². The van der Waals surface area contributed by atoms with Crippen molar-refractivity contribution in [3.63, 3.8) is 0 Å². The summed E-state index contributed by atoms with van der Waals surface area (Å²) in [6, 6.07) is -0.556. The molecule has 0 aliphatic carbocycles. The van der Waals surface area contributed by atoms with E-state index in [1.165, 1.54) is 193 Å². The second-order valence-corrected chi connectivity index (χ2v) is 19.3. The third kappa shape index (κ3) is 49.6. The van der Waals surface area contributed by atoms with Crippen molar-refractivity contribution in [1.82, 2.24) is 5.32 Å². The number of unbranched alkanes of at least 4 members (excludes halogenated alkanes) is 38. The topological polar surface area (TPSA) is 95.9 Å². The molecule has 0 aromatic heterocycles. The lowest BCUT2D eigenvalue weighted by Gasteiger charge is -2.22. The fourth-order valence-electron chi connectivity index (χ4n) is 8.69. The van der Waals surface area contributed by atoms with Gasteiger partial charge in [-0.2, -0.15) is 0 Å². The summed E-state index contributed by atoms with van der Waals surface area (Å²) in [4.78, 5) is 24.5. The molecule has 6 nitrogen and oxygen atoms in total. The lowest BCUT2D eigenvalue weighted by atomic mass is 10.0. The van der Waals surface area contributed by atoms with Gasteiger partial charge in [-0.15, -0.1) is 0 Å². The average molecular weight is 889 g/mol. The molecule has 0 aromatic rings. The van der Waals surface area contributed by atoms with E-state index < -0.39 is 12.1 Å². The van der Waals surface area contributed by atoms with E-state index >= 15 is 0 Å². The Labute approximate surface area is 392 Å². The molecule has 2 unspecified atom stereocenters. The summed E-state index contributed by atoms with van der Waals surface area (Å²) in [7, 11) is 0. The van der Waals surface area contributed by atoms with E-state index in [-0.39, 0.29) is 18.5 Å². The predicted molar refractivity (Wildman–Crippen MR) is 273 cm³/mol. The van der Waals surface area contributed by atoms with Crippen molar-refractivity contribution >= 4 is 11.9 Å². The highest BCUT2D eigenvalue weighted by Gasteiger charge is 2.20. The number of hydrogen-bond donors (Lipinski definition) is 3. The summed E-state index contributed by atoms with van der Waals surface area (Å²) in [5.74, 6) is -0.0744. The fourth-order valence-corrected chi connectivity index (χ4v) is 8.69. The van der Waals surface area contributed by atoms with Gasteiger partial charge >= 0.3 is 5.97 Å². The number of rotatable bonds is 52. The van der Waals surface area contributed by atoms with Gasteiger partial charge in [0.25, 0.3) is 0 Å². The molecule has 0 radical (unpaired) electrons. The molecule has 2 atom stereocenters. The number of carbonyl (C=O) groups is 2. The normalized spacial score (nSPS) is 12.8. The number of aliphatic hydroxyl groups is 2. The molecule has 0 bridgehead atoms. The van der Waals surface area contributed by atoms with E-state index in [0.29, 0.717) is 25.9 Å². The summed E-state index contributed by atoms with van der Waals surface area (Å²) in [6.45, 7) is 4.90. The van der Waals surface area contributed by atoms with E-state index in [0.717, 1.165) is 77.0 Å². The van der Waals surface area contributed by atoms with Crippen LogP contribution in [0.15, 0.2) is 24.3 Å². The molecule has 372 valence electrons.